The SMILES string of the molecule is Cc1nc2cc(NC(=O)C3CCCCC3)ccc2s1. The van der Waals surface area contributed by atoms with Gasteiger partial charge < -0.3 is 5.32 Å². The molecular formula is C15H18N2OS. The summed E-state index contributed by atoms with van der Waals surface area (Å²) in [5.74, 6) is 0.368. The third-order valence-corrected chi connectivity index (χ3v) is 4.69. The number of aromatic nitrogens is 1. The van der Waals surface area contributed by atoms with E-state index in [2.05, 4.69) is 10.3 Å². The molecule has 1 fully saturated rings. The van der Waals surface area contributed by atoms with Crippen LogP contribution in [0.2, 0.25) is 0 Å². The molecule has 1 aromatic heterocycles. The summed E-state index contributed by atoms with van der Waals surface area (Å²) in [4.78, 5) is 16.6. The fourth-order valence-corrected chi connectivity index (χ4v) is 3.54. The van der Waals surface area contributed by atoms with Crippen LogP contribution in [0, 0.1) is 12.8 Å². The maximum absolute atomic E-state index is 12.2. The van der Waals surface area contributed by atoms with E-state index in [4.69, 9.17) is 0 Å². The van der Waals surface area contributed by atoms with Gasteiger partial charge in [-0.3, -0.25) is 4.79 Å². The molecule has 0 unspecified atom stereocenters. The summed E-state index contributed by atoms with van der Waals surface area (Å²) >= 11 is 1.68. The largest absolute Gasteiger partial charge is 0.326 e. The summed E-state index contributed by atoms with van der Waals surface area (Å²) in [6.45, 7) is 2.00. The first-order valence-electron chi connectivity index (χ1n) is 6.90. The smallest absolute Gasteiger partial charge is 0.227 e. The quantitative estimate of drug-likeness (QED) is 0.895. The molecule has 1 N–H and O–H groups in total. The van der Waals surface area contributed by atoms with Crippen LogP contribution >= 0.6 is 11.3 Å². The van der Waals surface area contributed by atoms with Gasteiger partial charge in [0.1, 0.15) is 0 Å². The third-order valence-electron chi connectivity index (χ3n) is 3.74. The van der Waals surface area contributed by atoms with E-state index in [0.717, 1.165) is 29.1 Å². The van der Waals surface area contributed by atoms with Gasteiger partial charge in [0.2, 0.25) is 5.91 Å². The van der Waals surface area contributed by atoms with Gasteiger partial charge in [0.15, 0.2) is 0 Å². The Bertz CT molecular complexity index is 599. The number of aryl methyl sites for hydroxylation is 1. The van der Waals surface area contributed by atoms with E-state index in [9.17, 15) is 4.79 Å². The van der Waals surface area contributed by atoms with Crippen LogP contribution in [0.5, 0.6) is 0 Å². The molecule has 19 heavy (non-hydrogen) atoms. The van der Waals surface area contributed by atoms with Crippen LogP contribution in [0.4, 0.5) is 5.69 Å². The van der Waals surface area contributed by atoms with Gasteiger partial charge in [0.05, 0.1) is 15.2 Å². The van der Waals surface area contributed by atoms with Crippen LogP contribution in [-0.2, 0) is 4.79 Å². The fourth-order valence-electron chi connectivity index (χ4n) is 2.73. The van der Waals surface area contributed by atoms with E-state index < -0.39 is 0 Å². The molecule has 2 aromatic rings. The van der Waals surface area contributed by atoms with Gasteiger partial charge in [0.25, 0.3) is 0 Å². The number of nitrogens with zero attached hydrogens (tertiary/aromatic N) is 1. The van der Waals surface area contributed by atoms with Crippen molar-refractivity contribution >= 4 is 33.1 Å². The van der Waals surface area contributed by atoms with E-state index >= 15 is 0 Å². The molecule has 1 amide bonds. The monoisotopic (exact) mass is 274 g/mol. The normalized spacial score (nSPS) is 16.7. The van der Waals surface area contributed by atoms with Gasteiger partial charge in [-0.25, -0.2) is 4.98 Å². The topological polar surface area (TPSA) is 42.0 Å². The average Bonchev–Trinajstić information content (AvgIpc) is 2.79. The Hall–Kier alpha value is -1.42. The standard InChI is InChI=1S/C15H18N2OS/c1-10-16-13-9-12(7-8-14(13)19-10)17-15(18)11-5-3-2-4-6-11/h7-9,11H,2-6H2,1H3,(H,17,18). The summed E-state index contributed by atoms with van der Waals surface area (Å²) in [5, 5.41) is 4.10. The highest BCUT2D eigenvalue weighted by molar-refractivity contribution is 7.18. The highest BCUT2D eigenvalue weighted by Crippen LogP contribution is 2.27. The molecule has 1 aromatic carbocycles. The number of amides is 1. The molecule has 0 spiro atoms. The van der Waals surface area contributed by atoms with E-state index in [0.29, 0.717) is 0 Å². The summed E-state index contributed by atoms with van der Waals surface area (Å²) in [5.41, 5.74) is 1.84. The van der Waals surface area contributed by atoms with E-state index in [1.165, 1.54) is 24.0 Å². The zero-order valence-electron chi connectivity index (χ0n) is 11.1. The number of thiazole rings is 1. The Kier molecular flexibility index (Phi) is 3.51. The maximum Gasteiger partial charge on any atom is 0.227 e. The number of fused-ring (bicyclic) bond motifs is 1. The summed E-state index contributed by atoms with van der Waals surface area (Å²) < 4.78 is 1.17. The highest BCUT2D eigenvalue weighted by Gasteiger charge is 2.21. The van der Waals surface area contributed by atoms with Gasteiger partial charge in [-0.05, 0) is 38.0 Å². The number of benzene rings is 1. The summed E-state index contributed by atoms with van der Waals surface area (Å²) in [7, 11) is 0. The molecule has 0 bridgehead atoms. The Labute approximate surface area is 117 Å². The van der Waals surface area contributed by atoms with Crippen LogP contribution < -0.4 is 5.32 Å². The molecule has 1 saturated carbocycles. The van der Waals surface area contributed by atoms with Crippen molar-refractivity contribution in [2.45, 2.75) is 39.0 Å². The molecule has 3 nitrogen and oxygen atoms in total. The lowest BCUT2D eigenvalue weighted by atomic mass is 9.88. The minimum atomic E-state index is 0.172. The van der Waals surface area contributed by atoms with Crippen molar-refractivity contribution in [3.8, 4) is 0 Å². The second-order valence-electron chi connectivity index (χ2n) is 5.24. The predicted octanol–water partition coefficient (Wildman–Crippen LogP) is 4.12. The first-order chi connectivity index (χ1) is 9.22. The number of rotatable bonds is 2. The molecule has 100 valence electrons. The molecule has 0 saturated heterocycles. The number of nitrogens with one attached hydrogen (secondary N) is 1. The molecule has 0 radical (unpaired) electrons. The molecule has 1 heterocycles. The molecule has 0 aliphatic heterocycles. The van der Waals surface area contributed by atoms with Crippen LogP contribution in [0.1, 0.15) is 37.1 Å². The van der Waals surface area contributed by atoms with Gasteiger partial charge in [-0.15, -0.1) is 11.3 Å². The van der Waals surface area contributed by atoms with Crippen LogP contribution in [0.3, 0.4) is 0 Å². The zero-order valence-corrected chi connectivity index (χ0v) is 11.9. The van der Waals surface area contributed by atoms with Crippen LogP contribution in [0.15, 0.2) is 18.2 Å². The first-order valence-corrected chi connectivity index (χ1v) is 7.72. The summed E-state index contributed by atoms with van der Waals surface area (Å²) in [6, 6.07) is 5.98. The number of hydrogen-bond donors (Lipinski definition) is 1. The van der Waals surface area contributed by atoms with Gasteiger partial charge in [-0.1, -0.05) is 19.3 Å². The molecule has 0 atom stereocenters. The lowest BCUT2D eigenvalue weighted by Crippen LogP contribution is -2.24. The van der Waals surface area contributed by atoms with Gasteiger partial charge in [0, 0.05) is 11.6 Å². The van der Waals surface area contributed by atoms with Crippen molar-refractivity contribution in [2.75, 3.05) is 5.32 Å². The third kappa shape index (κ3) is 2.78. The Morgan fingerprint density at radius 1 is 1.32 bits per heavy atom. The lowest BCUT2D eigenvalue weighted by Gasteiger charge is -2.20. The second-order valence-corrected chi connectivity index (χ2v) is 6.47. The minimum absolute atomic E-state index is 0.172. The van der Waals surface area contributed by atoms with Crippen molar-refractivity contribution in [3.63, 3.8) is 0 Å². The van der Waals surface area contributed by atoms with Gasteiger partial charge in [-0.2, -0.15) is 0 Å². The highest BCUT2D eigenvalue weighted by atomic mass is 32.1. The molecule has 3 rings (SSSR count). The van der Waals surface area contributed by atoms with Crippen molar-refractivity contribution in [3.05, 3.63) is 23.2 Å². The van der Waals surface area contributed by atoms with Crippen molar-refractivity contribution < 1.29 is 4.79 Å². The molecular weight excluding hydrogens is 256 g/mol. The van der Waals surface area contributed by atoms with Crippen LogP contribution in [0.25, 0.3) is 10.2 Å². The van der Waals surface area contributed by atoms with E-state index in [1.54, 1.807) is 11.3 Å². The predicted molar refractivity (Wildman–Crippen MR) is 79.6 cm³/mol. The Balaban J connectivity index is 1.74. The Morgan fingerprint density at radius 3 is 2.89 bits per heavy atom. The number of carbonyl (C=O) groups is 1. The van der Waals surface area contributed by atoms with Gasteiger partial charge >= 0.3 is 0 Å². The minimum Gasteiger partial charge on any atom is -0.326 e. The number of carbonyl (C=O) groups excluding carboxylic acids is 1. The van der Waals surface area contributed by atoms with Crippen molar-refractivity contribution in [2.24, 2.45) is 5.92 Å². The summed E-state index contributed by atoms with van der Waals surface area (Å²) in [6.07, 6.45) is 5.70. The zero-order chi connectivity index (χ0) is 13.2. The maximum atomic E-state index is 12.2. The number of hydrogen-bond acceptors (Lipinski definition) is 3. The molecule has 4 heteroatoms. The number of anilines is 1. The van der Waals surface area contributed by atoms with E-state index in [-0.39, 0.29) is 11.8 Å². The van der Waals surface area contributed by atoms with Crippen molar-refractivity contribution in [1.29, 1.82) is 0 Å². The van der Waals surface area contributed by atoms with Crippen molar-refractivity contribution in [1.82, 2.24) is 4.98 Å². The fraction of sp³-hybridized carbons (Fsp3) is 0.467. The second kappa shape index (κ2) is 5.29. The first kappa shape index (κ1) is 12.6. The lowest BCUT2D eigenvalue weighted by molar-refractivity contribution is -0.120. The average molecular weight is 274 g/mol. The van der Waals surface area contributed by atoms with Crippen LogP contribution in [-0.4, -0.2) is 10.9 Å². The van der Waals surface area contributed by atoms with E-state index in [1.807, 2.05) is 25.1 Å². The Morgan fingerprint density at radius 2 is 2.11 bits per heavy atom. The molecule has 1 aliphatic carbocycles. The molecule has 1 aliphatic rings.